The minimum Gasteiger partial charge on any atom is -0.354 e. The minimum absolute atomic E-state index is 0.176. The molecule has 0 bridgehead atoms. The first-order valence-corrected chi connectivity index (χ1v) is 7.74. The van der Waals surface area contributed by atoms with Crippen LogP contribution in [0.4, 0.5) is 5.95 Å². The van der Waals surface area contributed by atoms with Gasteiger partial charge >= 0.3 is 0 Å². The molecule has 2 aromatic rings. The molecule has 1 saturated carbocycles. The summed E-state index contributed by atoms with van der Waals surface area (Å²) in [6, 6.07) is 1.81. The van der Waals surface area contributed by atoms with Crippen LogP contribution in [0.3, 0.4) is 0 Å². The Hall–Kier alpha value is -1.69. The van der Waals surface area contributed by atoms with Gasteiger partial charge in [0, 0.05) is 18.9 Å². The van der Waals surface area contributed by atoms with Crippen LogP contribution < -0.4 is 5.32 Å². The molecule has 21 heavy (non-hydrogen) atoms. The largest absolute Gasteiger partial charge is 0.354 e. The first-order chi connectivity index (χ1) is 10.2. The number of aromatic nitrogens is 5. The Labute approximate surface area is 129 Å². The van der Waals surface area contributed by atoms with Crippen LogP contribution in [0.25, 0.3) is 5.95 Å². The van der Waals surface area contributed by atoms with Crippen molar-refractivity contribution in [1.82, 2.24) is 24.7 Å². The van der Waals surface area contributed by atoms with E-state index in [9.17, 15) is 0 Å². The fourth-order valence-electron chi connectivity index (χ4n) is 2.68. The molecule has 6 nitrogen and oxygen atoms in total. The Morgan fingerprint density at radius 3 is 2.76 bits per heavy atom. The number of anilines is 1. The highest BCUT2D eigenvalue weighted by Gasteiger charge is 2.18. The SMILES string of the molecule is CC1CCC(CNc2nc(Cl)nc(-n3cccn3)n2)CC1. The second-order valence-corrected chi connectivity index (χ2v) is 6.02. The number of rotatable bonds is 4. The molecular formula is C14H19ClN6. The lowest BCUT2D eigenvalue weighted by atomic mass is 9.83. The number of halogens is 1. The summed E-state index contributed by atoms with van der Waals surface area (Å²) in [6.07, 6.45) is 8.59. The standard InChI is InChI=1S/C14H19ClN6/c1-10-3-5-11(6-4-10)9-16-13-18-12(15)19-14(20-13)21-8-2-7-17-21/h2,7-8,10-11H,3-6,9H2,1H3,(H,16,18,19,20). The van der Waals surface area contributed by atoms with Crippen molar-refractivity contribution in [3.8, 4) is 5.95 Å². The quantitative estimate of drug-likeness (QED) is 0.940. The van der Waals surface area contributed by atoms with Crippen molar-refractivity contribution in [2.24, 2.45) is 11.8 Å². The normalized spacial score (nSPS) is 22.2. The first-order valence-electron chi connectivity index (χ1n) is 7.36. The highest BCUT2D eigenvalue weighted by atomic mass is 35.5. The molecule has 2 aromatic heterocycles. The van der Waals surface area contributed by atoms with Gasteiger partial charge in [0.1, 0.15) is 0 Å². The van der Waals surface area contributed by atoms with E-state index in [0.717, 1.165) is 12.5 Å². The van der Waals surface area contributed by atoms with E-state index in [-0.39, 0.29) is 5.28 Å². The van der Waals surface area contributed by atoms with Gasteiger partial charge in [0.15, 0.2) is 0 Å². The summed E-state index contributed by atoms with van der Waals surface area (Å²) >= 11 is 5.96. The van der Waals surface area contributed by atoms with Crippen LogP contribution in [0, 0.1) is 11.8 Å². The maximum absolute atomic E-state index is 5.96. The molecule has 3 rings (SSSR count). The van der Waals surface area contributed by atoms with Crippen LogP contribution in [-0.4, -0.2) is 31.3 Å². The predicted octanol–water partition coefficient (Wildman–Crippen LogP) is 2.95. The van der Waals surface area contributed by atoms with E-state index in [1.165, 1.54) is 25.7 Å². The van der Waals surface area contributed by atoms with Gasteiger partial charge < -0.3 is 5.32 Å². The molecule has 0 atom stereocenters. The van der Waals surface area contributed by atoms with E-state index in [2.05, 4.69) is 32.3 Å². The highest BCUT2D eigenvalue weighted by molar-refractivity contribution is 6.28. The smallest absolute Gasteiger partial charge is 0.256 e. The molecule has 112 valence electrons. The molecule has 0 radical (unpaired) electrons. The van der Waals surface area contributed by atoms with Crippen molar-refractivity contribution < 1.29 is 0 Å². The molecule has 0 aliphatic heterocycles. The predicted molar refractivity (Wildman–Crippen MR) is 81.6 cm³/mol. The fraction of sp³-hybridized carbons (Fsp3) is 0.571. The van der Waals surface area contributed by atoms with Crippen LogP contribution in [-0.2, 0) is 0 Å². The zero-order valence-corrected chi connectivity index (χ0v) is 12.8. The van der Waals surface area contributed by atoms with Gasteiger partial charge in [-0.3, -0.25) is 0 Å². The van der Waals surface area contributed by atoms with E-state index in [1.54, 1.807) is 17.1 Å². The van der Waals surface area contributed by atoms with Gasteiger partial charge in [-0.15, -0.1) is 0 Å². The molecule has 7 heteroatoms. The monoisotopic (exact) mass is 306 g/mol. The van der Waals surface area contributed by atoms with Gasteiger partial charge in [-0.25, -0.2) is 4.68 Å². The Morgan fingerprint density at radius 2 is 2.05 bits per heavy atom. The Kier molecular flexibility index (Phi) is 4.34. The molecule has 2 heterocycles. The van der Waals surface area contributed by atoms with Gasteiger partial charge in [0.25, 0.3) is 5.95 Å². The van der Waals surface area contributed by atoms with E-state index in [0.29, 0.717) is 17.8 Å². The second kappa shape index (κ2) is 6.39. The molecule has 0 saturated heterocycles. The number of hydrogen-bond acceptors (Lipinski definition) is 5. The Balaban J connectivity index is 1.65. The maximum Gasteiger partial charge on any atom is 0.256 e. The van der Waals surface area contributed by atoms with Crippen molar-refractivity contribution in [2.75, 3.05) is 11.9 Å². The van der Waals surface area contributed by atoms with Gasteiger partial charge in [-0.1, -0.05) is 19.8 Å². The second-order valence-electron chi connectivity index (χ2n) is 5.69. The summed E-state index contributed by atoms with van der Waals surface area (Å²) in [6.45, 7) is 3.21. The topological polar surface area (TPSA) is 68.5 Å². The van der Waals surface area contributed by atoms with Crippen LogP contribution >= 0.6 is 11.6 Å². The summed E-state index contributed by atoms with van der Waals surface area (Å²) in [7, 11) is 0. The molecular weight excluding hydrogens is 288 g/mol. The third kappa shape index (κ3) is 3.69. The molecule has 0 unspecified atom stereocenters. The zero-order chi connectivity index (χ0) is 14.7. The van der Waals surface area contributed by atoms with Crippen LogP contribution in [0.1, 0.15) is 32.6 Å². The summed E-state index contributed by atoms with van der Waals surface area (Å²) in [5.74, 6) is 2.49. The van der Waals surface area contributed by atoms with E-state index in [1.807, 2.05) is 6.07 Å². The maximum atomic E-state index is 5.96. The van der Waals surface area contributed by atoms with E-state index in [4.69, 9.17) is 11.6 Å². The Morgan fingerprint density at radius 1 is 1.24 bits per heavy atom. The molecule has 1 fully saturated rings. The molecule has 0 spiro atoms. The van der Waals surface area contributed by atoms with E-state index >= 15 is 0 Å². The van der Waals surface area contributed by atoms with Crippen molar-refractivity contribution in [3.05, 3.63) is 23.7 Å². The average molecular weight is 307 g/mol. The van der Waals surface area contributed by atoms with Crippen LogP contribution in [0.2, 0.25) is 5.28 Å². The lowest BCUT2D eigenvalue weighted by Gasteiger charge is -2.26. The third-order valence-electron chi connectivity index (χ3n) is 3.99. The van der Waals surface area contributed by atoms with Gasteiger partial charge in [-0.2, -0.15) is 20.1 Å². The van der Waals surface area contributed by atoms with Gasteiger partial charge in [0.05, 0.1) is 0 Å². The van der Waals surface area contributed by atoms with Crippen LogP contribution in [0.5, 0.6) is 0 Å². The summed E-state index contributed by atoms with van der Waals surface area (Å²) in [4.78, 5) is 12.6. The minimum atomic E-state index is 0.176. The lowest BCUT2D eigenvalue weighted by Crippen LogP contribution is -2.21. The molecule has 1 aliphatic carbocycles. The molecule has 0 amide bonds. The highest BCUT2D eigenvalue weighted by Crippen LogP contribution is 2.28. The van der Waals surface area contributed by atoms with Crippen molar-refractivity contribution in [1.29, 1.82) is 0 Å². The van der Waals surface area contributed by atoms with Crippen molar-refractivity contribution >= 4 is 17.5 Å². The average Bonchev–Trinajstić information content (AvgIpc) is 3.00. The zero-order valence-electron chi connectivity index (χ0n) is 12.0. The van der Waals surface area contributed by atoms with Crippen LogP contribution in [0.15, 0.2) is 18.5 Å². The third-order valence-corrected chi connectivity index (χ3v) is 4.16. The Bertz CT molecular complexity index is 577. The summed E-state index contributed by atoms with van der Waals surface area (Å²) in [5.41, 5.74) is 0. The fourth-order valence-corrected chi connectivity index (χ4v) is 2.83. The number of hydrogen-bond donors (Lipinski definition) is 1. The summed E-state index contributed by atoms with van der Waals surface area (Å²) < 4.78 is 1.57. The van der Waals surface area contributed by atoms with E-state index < -0.39 is 0 Å². The lowest BCUT2D eigenvalue weighted by molar-refractivity contribution is 0.300. The molecule has 0 aromatic carbocycles. The van der Waals surface area contributed by atoms with Gasteiger partial charge in [-0.05, 0) is 42.3 Å². The number of nitrogens with one attached hydrogen (secondary N) is 1. The number of nitrogens with zero attached hydrogens (tertiary/aromatic N) is 5. The molecule has 1 aliphatic rings. The first kappa shape index (κ1) is 14.3. The molecule has 1 N–H and O–H groups in total. The van der Waals surface area contributed by atoms with Crippen molar-refractivity contribution in [3.63, 3.8) is 0 Å². The summed E-state index contributed by atoms with van der Waals surface area (Å²) in [5, 5.41) is 7.57. The van der Waals surface area contributed by atoms with Gasteiger partial charge in [0.2, 0.25) is 11.2 Å². The van der Waals surface area contributed by atoms with Crippen molar-refractivity contribution in [2.45, 2.75) is 32.6 Å².